The summed E-state index contributed by atoms with van der Waals surface area (Å²) in [6.45, 7) is 0.360. The van der Waals surface area contributed by atoms with Gasteiger partial charge in [-0.25, -0.2) is 12.7 Å². The Morgan fingerprint density at radius 2 is 1.85 bits per heavy atom. The van der Waals surface area contributed by atoms with Crippen LogP contribution in [0.1, 0.15) is 5.56 Å². The quantitative estimate of drug-likeness (QED) is 0.690. The van der Waals surface area contributed by atoms with Gasteiger partial charge < -0.3 is 14.5 Å². The molecule has 0 aliphatic heterocycles. The second-order valence-electron chi connectivity index (χ2n) is 5.95. The van der Waals surface area contributed by atoms with Gasteiger partial charge in [0, 0.05) is 36.8 Å². The molecule has 0 saturated heterocycles. The lowest BCUT2D eigenvalue weighted by Gasteiger charge is -2.19. The minimum Gasteiger partial charge on any atom is -0.497 e. The van der Waals surface area contributed by atoms with E-state index in [0.29, 0.717) is 18.7 Å². The van der Waals surface area contributed by atoms with Crippen molar-refractivity contribution in [3.05, 3.63) is 54.2 Å². The van der Waals surface area contributed by atoms with Gasteiger partial charge in [-0.3, -0.25) is 0 Å². The lowest BCUT2D eigenvalue weighted by atomic mass is 10.1. The molecule has 2 aromatic carbocycles. The number of likely N-dealkylation sites (N-methyl/N-ethyl adjacent to an activating group) is 1. The predicted octanol–water partition coefficient (Wildman–Crippen LogP) is 3.05. The number of rotatable bonds is 7. The van der Waals surface area contributed by atoms with Gasteiger partial charge in [-0.05, 0) is 30.2 Å². The molecule has 0 atom stereocenters. The van der Waals surface area contributed by atoms with Crippen LogP contribution < -0.4 is 9.47 Å². The summed E-state index contributed by atoms with van der Waals surface area (Å²) < 4.78 is 37.6. The molecule has 0 unspecified atom stereocenters. The molecule has 0 amide bonds. The van der Waals surface area contributed by atoms with Gasteiger partial charge in [0.2, 0.25) is 10.0 Å². The van der Waals surface area contributed by atoms with E-state index in [9.17, 15) is 8.42 Å². The maximum absolute atomic E-state index is 12.9. The van der Waals surface area contributed by atoms with Crippen LogP contribution in [-0.4, -0.2) is 45.5 Å². The monoisotopic (exact) mass is 374 g/mol. The van der Waals surface area contributed by atoms with E-state index in [1.54, 1.807) is 19.2 Å². The summed E-state index contributed by atoms with van der Waals surface area (Å²) in [6.07, 6.45) is 2.54. The molecule has 3 aromatic rings. The zero-order valence-electron chi connectivity index (χ0n) is 15.0. The molecule has 0 saturated carbocycles. The van der Waals surface area contributed by atoms with E-state index in [1.807, 2.05) is 30.5 Å². The van der Waals surface area contributed by atoms with E-state index < -0.39 is 10.0 Å². The summed E-state index contributed by atoms with van der Waals surface area (Å²) in [5.74, 6) is 0.811. The van der Waals surface area contributed by atoms with Crippen molar-refractivity contribution in [3.63, 3.8) is 0 Å². The number of sulfonamides is 1. The van der Waals surface area contributed by atoms with E-state index in [4.69, 9.17) is 9.47 Å². The molecule has 3 rings (SSSR count). The number of methoxy groups -OCH3 is 2. The summed E-state index contributed by atoms with van der Waals surface area (Å²) in [4.78, 5) is 3.34. The number of nitrogens with zero attached hydrogens (tertiary/aromatic N) is 1. The number of nitrogens with one attached hydrogen (secondary N) is 1. The Morgan fingerprint density at radius 1 is 1.08 bits per heavy atom. The Kier molecular flexibility index (Phi) is 5.20. The number of hydrogen-bond acceptors (Lipinski definition) is 4. The third-order valence-corrected chi connectivity index (χ3v) is 6.33. The van der Waals surface area contributed by atoms with Crippen LogP contribution in [0.4, 0.5) is 0 Å². The molecule has 6 nitrogen and oxygen atoms in total. The van der Waals surface area contributed by atoms with Crippen molar-refractivity contribution < 1.29 is 17.9 Å². The van der Waals surface area contributed by atoms with Crippen molar-refractivity contribution in [2.75, 3.05) is 27.8 Å². The molecule has 0 aliphatic carbocycles. The topological polar surface area (TPSA) is 71.6 Å². The lowest BCUT2D eigenvalue weighted by molar-refractivity contribution is 0.383. The first kappa shape index (κ1) is 18.3. The maximum Gasteiger partial charge on any atom is 0.246 e. The smallest absolute Gasteiger partial charge is 0.246 e. The van der Waals surface area contributed by atoms with Crippen LogP contribution >= 0.6 is 0 Å². The van der Waals surface area contributed by atoms with Crippen LogP contribution in [-0.2, 0) is 16.4 Å². The fourth-order valence-corrected chi connectivity index (χ4v) is 4.20. The highest BCUT2D eigenvalue weighted by molar-refractivity contribution is 7.89. The third kappa shape index (κ3) is 3.40. The van der Waals surface area contributed by atoms with Crippen LogP contribution in [0.3, 0.4) is 0 Å². The molecule has 1 heterocycles. The average molecular weight is 374 g/mol. The summed E-state index contributed by atoms with van der Waals surface area (Å²) in [5, 5.41) is 1.11. The highest BCUT2D eigenvalue weighted by Gasteiger charge is 2.25. The third-order valence-electron chi connectivity index (χ3n) is 4.43. The largest absolute Gasteiger partial charge is 0.497 e. The van der Waals surface area contributed by atoms with Crippen molar-refractivity contribution in [1.82, 2.24) is 9.29 Å². The van der Waals surface area contributed by atoms with Crippen LogP contribution in [0.5, 0.6) is 11.5 Å². The second kappa shape index (κ2) is 7.39. The molecule has 1 N–H and O–H groups in total. The Hall–Kier alpha value is -2.51. The SMILES string of the molecule is COc1ccc(S(=O)(=O)N(C)CCc2c[nH]c3ccccc23)c(OC)c1. The van der Waals surface area contributed by atoms with E-state index in [2.05, 4.69) is 4.98 Å². The van der Waals surface area contributed by atoms with Gasteiger partial charge in [0.05, 0.1) is 14.2 Å². The molecule has 0 bridgehead atoms. The standard InChI is InChI=1S/C19H22N2O4S/c1-21(11-10-14-13-20-17-7-5-4-6-16(14)17)26(22,23)19-9-8-15(24-2)12-18(19)25-3/h4-9,12-13,20H,10-11H2,1-3H3. The fourth-order valence-electron chi connectivity index (χ4n) is 2.89. The highest BCUT2D eigenvalue weighted by atomic mass is 32.2. The van der Waals surface area contributed by atoms with Gasteiger partial charge in [0.25, 0.3) is 0 Å². The fraction of sp³-hybridized carbons (Fsp3) is 0.263. The van der Waals surface area contributed by atoms with Gasteiger partial charge in [-0.2, -0.15) is 0 Å². The molecule has 0 spiro atoms. The van der Waals surface area contributed by atoms with Gasteiger partial charge >= 0.3 is 0 Å². The number of aromatic nitrogens is 1. The van der Waals surface area contributed by atoms with E-state index in [-0.39, 0.29) is 10.6 Å². The molecule has 0 aliphatic rings. The molecule has 0 fully saturated rings. The number of benzene rings is 2. The Balaban J connectivity index is 1.81. The number of ether oxygens (including phenoxy) is 2. The van der Waals surface area contributed by atoms with Crippen molar-refractivity contribution in [2.24, 2.45) is 0 Å². The first-order valence-corrected chi connectivity index (χ1v) is 9.64. The molecular formula is C19H22N2O4S. The molecule has 7 heteroatoms. The van der Waals surface area contributed by atoms with Crippen LogP contribution in [0, 0.1) is 0 Å². The lowest BCUT2D eigenvalue weighted by Crippen LogP contribution is -2.29. The van der Waals surface area contributed by atoms with Gasteiger partial charge in [-0.1, -0.05) is 18.2 Å². The summed E-state index contributed by atoms with van der Waals surface area (Å²) in [7, 11) is 0.875. The van der Waals surface area contributed by atoms with Gasteiger partial charge in [0.15, 0.2) is 0 Å². The first-order chi connectivity index (χ1) is 12.5. The minimum absolute atomic E-state index is 0.127. The molecule has 26 heavy (non-hydrogen) atoms. The predicted molar refractivity (Wildman–Crippen MR) is 101 cm³/mol. The van der Waals surface area contributed by atoms with Crippen molar-refractivity contribution in [1.29, 1.82) is 0 Å². The van der Waals surface area contributed by atoms with Crippen molar-refractivity contribution >= 4 is 20.9 Å². The zero-order valence-corrected chi connectivity index (χ0v) is 15.8. The van der Waals surface area contributed by atoms with Crippen molar-refractivity contribution in [2.45, 2.75) is 11.3 Å². The Bertz CT molecular complexity index is 1010. The Morgan fingerprint density at radius 3 is 2.58 bits per heavy atom. The molecule has 138 valence electrons. The van der Waals surface area contributed by atoms with Crippen molar-refractivity contribution in [3.8, 4) is 11.5 Å². The minimum atomic E-state index is -3.67. The first-order valence-electron chi connectivity index (χ1n) is 8.20. The number of para-hydroxylation sites is 1. The van der Waals surface area contributed by atoms with E-state index in [0.717, 1.165) is 16.5 Å². The highest BCUT2D eigenvalue weighted by Crippen LogP contribution is 2.30. The molecule has 1 aromatic heterocycles. The molecular weight excluding hydrogens is 352 g/mol. The summed E-state index contributed by atoms with van der Waals surface area (Å²) in [5.41, 5.74) is 2.13. The number of H-pyrrole nitrogens is 1. The second-order valence-corrected chi connectivity index (χ2v) is 7.97. The van der Waals surface area contributed by atoms with E-state index >= 15 is 0 Å². The van der Waals surface area contributed by atoms with Crippen LogP contribution in [0.2, 0.25) is 0 Å². The van der Waals surface area contributed by atoms with Crippen LogP contribution in [0.15, 0.2) is 53.6 Å². The molecule has 0 radical (unpaired) electrons. The van der Waals surface area contributed by atoms with E-state index in [1.165, 1.54) is 24.6 Å². The number of aromatic amines is 1. The average Bonchev–Trinajstić information content (AvgIpc) is 3.08. The zero-order chi connectivity index (χ0) is 18.7. The maximum atomic E-state index is 12.9. The number of fused-ring (bicyclic) bond motifs is 1. The normalized spacial score (nSPS) is 11.8. The number of hydrogen-bond donors (Lipinski definition) is 1. The summed E-state index contributed by atoms with van der Waals surface area (Å²) >= 11 is 0. The van der Waals surface area contributed by atoms with Crippen LogP contribution in [0.25, 0.3) is 10.9 Å². The Labute approximate surface area is 153 Å². The summed E-state index contributed by atoms with van der Waals surface area (Å²) in [6, 6.07) is 12.7. The van der Waals surface area contributed by atoms with Gasteiger partial charge in [-0.15, -0.1) is 0 Å². The van der Waals surface area contributed by atoms with Gasteiger partial charge in [0.1, 0.15) is 16.4 Å².